The highest BCUT2D eigenvalue weighted by molar-refractivity contribution is 9.10. The van der Waals surface area contributed by atoms with E-state index in [1.807, 2.05) is 0 Å². The summed E-state index contributed by atoms with van der Waals surface area (Å²) in [6.45, 7) is 0. The molecule has 0 aliphatic rings. The number of unbranched alkanes of at least 4 members (excludes halogenated alkanes) is 2. The monoisotopic (exact) mass is 347 g/mol. The molecule has 0 saturated carbocycles. The van der Waals surface area contributed by atoms with Gasteiger partial charge in [-0.25, -0.2) is 0 Å². The van der Waals surface area contributed by atoms with Crippen molar-refractivity contribution in [3.8, 4) is 12.3 Å². The lowest BCUT2D eigenvalue weighted by atomic mass is 10.1. The van der Waals surface area contributed by atoms with E-state index in [4.69, 9.17) is 6.42 Å². The molecule has 0 saturated heterocycles. The molecule has 1 aromatic rings. The first-order valence-electron chi connectivity index (χ1n) is 5.94. The first-order valence-corrected chi connectivity index (χ1v) is 6.74. The fourth-order valence-corrected chi connectivity index (χ4v) is 1.87. The maximum atomic E-state index is 12.6. The minimum absolute atomic E-state index is 0.113. The molecule has 2 nitrogen and oxygen atoms in total. The van der Waals surface area contributed by atoms with E-state index in [1.165, 1.54) is 6.07 Å². The summed E-state index contributed by atoms with van der Waals surface area (Å²) in [4.78, 5) is 11.6. The van der Waals surface area contributed by atoms with E-state index in [0.717, 1.165) is 12.1 Å². The predicted molar refractivity (Wildman–Crippen MR) is 75.1 cm³/mol. The molecule has 0 heterocycles. The van der Waals surface area contributed by atoms with Gasteiger partial charge in [-0.2, -0.15) is 13.2 Å². The van der Waals surface area contributed by atoms with Crippen LogP contribution in [0.1, 0.15) is 31.2 Å². The zero-order chi connectivity index (χ0) is 15.2. The van der Waals surface area contributed by atoms with E-state index >= 15 is 0 Å². The second-order valence-corrected chi connectivity index (χ2v) is 5.01. The van der Waals surface area contributed by atoms with Crippen molar-refractivity contribution in [1.29, 1.82) is 0 Å². The van der Waals surface area contributed by atoms with Gasteiger partial charge in [-0.05, 0) is 47.0 Å². The van der Waals surface area contributed by atoms with Gasteiger partial charge in [-0.15, -0.1) is 12.3 Å². The van der Waals surface area contributed by atoms with Gasteiger partial charge in [0.25, 0.3) is 0 Å². The van der Waals surface area contributed by atoms with Crippen LogP contribution in [0, 0.1) is 12.3 Å². The van der Waals surface area contributed by atoms with Crippen molar-refractivity contribution in [3.63, 3.8) is 0 Å². The zero-order valence-electron chi connectivity index (χ0n) is 10.6. The molecule has 1 amide bonds. The third-order valence-corrected chi connectivity index (χ3v) is 3.23. The highest BCUT2D eigenvalue weighted by Crippen LogP contribution is 2.34. The first kappa shape index (κ1) is 16.6. The van der Waals surface area contributed by atoms with Gasteiger partial charge < -0.3 is 5.32 Å². The number of anilines is 1. The van der Waals surface area contributed by atoms with Gasteiger partial charge in [0.05, 0.1) is 11.3 Å². The molecule has 0 aromatic heterocycles. The lowest BCUT2D eigenvalue weighted by Crippen LogP contribution is -2.13. The third kappa shape index (κ3) is 5.25. The molecule has 0 fully saturated rings. The molecule has 0 unspecified atom stereocenters. The van der Waals surface area contributed by atoms with Crippen LogP contribution in [-0.2, 0) is 11.0 Å². The van der Waals surface area contributed by atoms with Crippen LogP contribution in [0.5, 0.6) is 0 Å². The number of amides is 1. The van der Waals surface area contributed by atoms with Gasteiger partial charge in [0.1, 0.15) is 0 Å². The topological polar surface area (TPSA) is 29.1 Å². The molecule has 6 heteroatoms. The summed E-state index contributed by atoms with van der Waals surface area (Å²) in [5, 5.41) is 2.46. The summed E-state index contributed by atoms with van der Waals surface area (Å²) < 4.78 is 38.1. The van der Waals surface area contributed by atoms with E-state index in [0.29, 0.717) is 23.7 Å². The highest BCUT2D eigenvalue weighted by atomic mass is 79.9. The number of halogens is 4. The lowest BCUT2D eigenvalue weighted by molar-refractivity contribution is -0.137. The molecule has 1 rings (SSSR count). The first-order chi connectivity index (χ1) is 9.34. The third-order valence-electron chi connectivity index (χ3n) is 2.54. The van der Waals surface area contributed by atoms with Crippen LogP contribution in [0.3, 0.4) is 0 Å². The van der Waals surface area contributed by atoms with Crippen molar-refractivity contribution in [1.82, 2.24) is 0 Å². The van der Waals surface area contributed by atoms with E-state index in [-0.39, 0.29) is 18.0 Å². The van der Waals surface area contributed by atoms with Crippen molar-refractivity contribution in [2.24, 2.45) is 0 Å². The molecule has 0 radical (unpaired) electrons. The predicted octanol–water partition coefficient (Wildman–Crippen LogP) is 4.60. The van der Waals surface area contributed by atoms with Crippen molar-refractivity contribution in [2.45, 2.75) is 31.9 Å². The van der Waals surface area contributed by atoms with Gasteiger partial charge in [0.15, 0.2) is 0 Å². The number of carbonyl (C=O) groups is 1. The van der Waals surface area contributed by atoms with Crippen LogP contribution in [0.25, 0.3) is 0 Å². The largest absolute Gasteiger partial charge is 0.416 e. The van der Waals surface area contributed by atoms with Gasteiger partial charge >= 0.3 is 6.18 Å². The Balaban J connectivity index is 2.67. The van der Waals surface area contributed by atoms with Crippen LogP contribution in [0.2, 0.25) is 0 Å². The minimum Gasteiger partial charge on any atom is -0.325 e. The molecule has 1 aromatic carbocycles. The average Bonchev–Trinajstić information content (AvgIpc) is 2.36. The number of rotatable bonds is 5. The lowest BCUT2D eigenvalue weighted by Gasteiger charge is -2.11. The average molecular weight is 348 g/mol. The smallest absolute Gasteiger partial charge is 0.325 e. The van der Waals surface area contributed by atoms with Gasteiger partial charge in [0.2, 0.25) is 5.91 Å². The van der Waals surface area contributed by atoms with Crippen LogP contribution < -0.4 is 5.32 Å². The summed E-state index contributed by atoms with van der Waals surface area (Å²) in [7, 11) is 0. The van der Waals surface area contributed by atoms with Crippen LogP contribution in [0.4, 0.5) is 18.9 Å². The fraction of sp³-hybridized carbons (Fsp3) is 0.357. The molecule has 108 valence electrons. The molecule has 0 spiro atoms. The standard InChI is InChI=1S/C14H13BrF3NO/c1-2-3-4-5-6-13(20)19-12-9-10(14(16,17)18)7-8-11(12)15/h1,7-9H,3-6H2,(H,19,20). The zero-order valence-corrected chi connectivity index (χ0v) is 12.1. The van der Waals surface area contributed by atoms with Crippen molar-refractivity contribution < 1.29 is 18.0 Å². The molecule has 0 bridgehead atoms. The normalized spacial score (nSPS) is 10.9. The quantitative estimate of drug-likeness (QED) is 0.612. The number of carbonyl (C=O) groups excluding carboxylic acids is 1. The maximum absolute atomic E-state index is 12.6. The highest BCUT2D eigenvalue weighted by Gasteiger charge is 2.31. The molecular formula is C14H13BrF3NO. The maximum Gasteiger partial charge on any atom is 0.416 e. The molecule has 0 atom stereocenters. The van der Waals surface area contributed by atoms with E-state index in [2.05, 4.69) is 27.2 Å². The Hall–Kier alpha value is -1.48. The molecule has 0 aliphatic carbocycles. The van der Waals surface area contributed by atoms with Gasteiger partial charge in [-0.1, -0.05) is 0 Å². The SMILES string of the molecule is C#CCCCCC(=O)Nc1cc(C(F)(F)F)ccc1Br. The van der Waals surface area contributed by atoms with Crippen molar-refractivity contribution in [2.75, 3.05) is 5.32 Å². The Morgan fingerprint density at radius 1 is 1.35 bits per heavy atom. The van der Waals surface area contributed by atoms with Crippen LogP contribution in [0.15, 0.2) is 22.7 Å². The Morgan fingerprint density at radius 3 is 2.65 bits per heavy atom. The number of nitrogens with one attached hydrogen (secondary N) is 1. The van der Waals surface area contributed by atoms with E-state index < -0.39 is 11.7 Å². The second kappa shape index (κ2) is 7.34. The van der Waals surface area contributed by atoms with Crippen molar-refractivity contribution >= 4 is 27.5 Å². The van der Waals surface area contributed by atoms with Gasteiger partial charge in [-0.3, -0.25) is 4.79 Å². The fourth-order valence-electron chi connectivity index (χ4n) is 1.52. The van der Waals surface area contributed by atoms with E-state index in [9.17, 15) is 18.0 Å². The van der Waals surface area contributed by atoms with Gasteiger partial charge in [0, 0.05) is 17.3 Å². The Morgan fingerprint density at radius 2 is 2.05 bits per heavy atom. The number of benzene rings is 1. The molecule has 20 heavy (non-hydrogen) atoms. The summed E-state index contributed by atoms with van der Waals surface area (Å²) >= 11 is 3.11. The Kier molecular flexibility index (Phi) is 6.08. The Labute approximate surface area is 123 Å². The summed E-state index contributed by atoms with van der Waals surface area (Å²) in [5.74, 6) is 2.13. The van der Waals surface area contributed by atoms with Crippen molar-refractivity contribution in [3.05, 3.63) is 28.2 Å². The summed E-state index contributed by atoms with van der Waals surface area (Å²) in [6.07, 6.45) is 2.78. The molecule has 1 N–H and O–H groups in total. The molecule has 0 aliphatic heterocycles. The number of hydrogen-bond donors (Lipinski definition) is 1. The van der Waals surface area contributed by atoms with Crippen LogP contribution >= 0.6 is 15.9 Å². The number of terminal acetylenes is 1. The second-order valence-electron chi connectivity index (χ2n) is 4.15. The van der Waals surface area contributed by atoms with E-state index in [1.54, 1.807) is 0 Å². The molecular weight excluding hydrogens is 335 g/mol. The van der Waals surface area contributed by atoms with Crippen LogP contribution in [-0.4, -0.2) is 5.91 Å². The Bertz CT molecular complexity index is 520. The minimum atomic E-state index is -4.44. The number of alkyl halides is 3. The summed E-state index contributed by atoms with van der Waals surface area (Å²) in [6, 6.07) is 3.12. The number of hydrogen-bond acceptors (Lipinski definition) is 1. The summed E-state index contributed by atoms with van der Waals surface area (Å²) in [5.41, 5.74) is -0.690.